The molecule has 3 aliphatic rings. The van der Waals surface area contributed by atoms with E-state index in [2.05, 4.69) is 12.2 Å². The average molecular weight is 221 g/mol. The highest BCUT2D eigenvalue weighted by atomic mass is 14.9. The molecule has 0 aromatic rings. The van der Waals surface area contributed by atoms with Crippen LogP contribution in [0.15, 0.2) is 0 Å². The van der Waals surface area contributed by atoms with Gasteiger partial charge < -0.3 is 5.32 Å². The normalized spacial score (nSPS) is 35.6. The summed E-state index contributed by atoms with van der Waals surface area (Å²) in [5.74, 6) is 4.24. The standard InChI is InChI=1S/C15H27N/c1-11-3-2-4-14(9-11)16-10-15(12-5-6-12)13-7-8-13/h11-16H,2-10H2,1H3. The largest absolute Gasteiger partial charge is 0.314 e. The topological polar surface area (TPSA) is 12.0 Å². The summed E-state index contributed by atoms with van der Waals surface area (Å²) in [5, 5.41) is 3.89. The SMILES string of the molecule is CC1CCCC(NCC(C2CC2)C2CC2)C1. The van der Waals surface area contributed by atoms with Crippen LogP contribution in [-0.4, -0.2) is 12.6 Å². The molecule has 0 amide bonds. The molecule has 1 heteroatoms. The van der Waals surface area contributed by atoms with Gasteiger partial charge in [0.15, 0.2) is 0 Å². The molecule has 1 nitrogen and oxygen atoms in total. The highest BCUT2D eigenvalue weighted by Gasteiger charge is 2.41. The van der Waals surface area contributed by atoms with Crippen LogP contribution in [-0.2, 0) is 0 Å². The van der Waals surface area contributed by atoms with Crippen molar-refractivity contribution < 1.29 is 0 Å². The van der Waals surface area contributed by atoms with Crippen molar-refractivity contribution in [2.45, 2.75) is 64.3 Å². The molecule has 3 fully saturated rings. The van der Waals surface area contributed by atoms with Crippen LogP contribution in [0, 0.1) is 23.7 Å². The van der Waals surface area contributed by atoms with Crippen LogP contribution in [0.5, 0.6) is 0 Å². The number of hydrogen-bond acceptors (Lipinski definition) is 1. The van der Waals surface area contributed by atoms with Crippen molar-refractivity contribution in [3.05, 3.63) is 0 Å². The maximum Gasteiger partial charge on any atom is 0.00697 e. The number of hydrogen-bond donors (Lipinski definition) is 1. The van der Waals surface area contributed by atoms with Crippen LogP contribution in [0.1, 0.15) is 58.3 Å². The third-order valence-electron chi connectivity index (χ3n) is 5.03. The monoisotopic (exact) mass is 221 g/mol. The third kappa shape index (κ3) is 2.80. The minimum atomic E-state index is 0.851. The van der Waals surface area contributed by atoms with E-state index >= 15 is 0 Å². The Bertz CT molecular complexity index is 218. The summed E-state index contributed by atoms with van der Waals surface area (Å²) in [6, 6.07) is 0.851. The predicted octanol–water partition coefficient (Wildman–Crippen LogP) is 3.59. The Balaban J connectivity index is 1.43. The van der Waals surface area contributed by atoms with Gasteiger partial charge >= 0.3 is 0 Å². The van der Waals surface area contributed by atoms with Crippen LogP contribution in [0.25, 0.3) is 0 Å². The van der Waals surface area contributed by atoms with E-state index in [1.165, 1.54) is 57.9 Å². The summed E-state index contributed by atoms with van der Waals surface area (Å²) in [4.78, 5) is 0. The first-order chi connectivity index (χ1) is 7.83. The van der Waals surface area contributed by atoms with Gasteiger partial charge in [0, 0.05) is 6.04 Å². The van der Waals surface area contributed by atoms with Gasteiger partial charge in [-0.25, -0.2) is 0 Å². The minimum absolute atomic E-state index is 0.851. The van der Waals surface area contributed by atoms with Crippen LogP contribution >= 0.6 is 0 Å². The molecule has 0 saturated heterocycles. The lowest BCUT2D eigenvalue weighted by Crippen LogP contribution is -2.37. The lowest BCUT2D eigenvalue weighted by molar-refractivity contribution is 0.273. The number of nitrogens with one attached hydrogen (secondary N) is 1. The van der Waals surface area contributed by atoms with E-state index in [9.17, 15) is 0 Å². The third-order valence-corrected chi connectivity index (χ3v) is 5.03. The van der Waals surface area contributed by atoms with Crippen molar-refractivity contribution in [3.63, 3.8) is 0 Å². The molecule has 0 aromatic carbocycles. The highest BCUT2D eigenvalue weighted by molar-refractivity contribution is 4.93. The molecule has 92 valence electrons. The van der Waals surface area contributed by atoms with E-state index in [-0.39, 0.29) is 0 Å². The average Bonchev–Trinajstić information content (AvgIpc) is 3.13. The molecular formula is C15H27N. The zero-order valence-electron chi connectivity index (χ0n) is 10.8. The van der Waals surface area contributed by atoms with Gasteiger partial charge in [-0.05, 0) is 68.7 Å². The van der Waals surface area contributed by atoms with E-state index in [1.807, 2.05) is 0 Å². The quantitative estimate of drug-likeness (QED) is 0.748. The van der Waals surface area contributed by atoms with Crippen molar-refractivity contribution in [2.75, 3.05) is 6.54 Å². The summed E-state index contributed by atoms with van der Waals surface area (Å²) in [5.41, 5.74) is 0. The molecule has 0 heterocycles. The zero-order chi connectivity index (χ0) is 11.0. The molecular weight excluding hydrogens is 194 g/mol. The molecule has 16 heavy (non-hydrogen) atoms. The molecule has 3 aliphatic carbocycles. The fraction of sp³-hybridized carbons (Fsp3) is 1.00. The zero-order valence-corrected chi connectivity index (χ0v) is 10.8. The first kappa shape index (κ1) is 11.1. The summed E-state index contributed by atoms with van der Waals surface area (Å²) >= 11 is 0. The second-order valence-electron chi connectivity index (χ2n) is 6.72. The highest BCUT2D eigenvalue weighted by Crippen LogP contribution is 2.48. The van der Waals surface area contributed by atoms with Crippen molar-refractivity contribution >= 4 is 0 Å². The van der Waals surface area contributed by atoms with Gasteiger partial charge in [-0.15, -0.1) is 0 Å². The first-order valence-electron chi connectivity index (χ1n) is 7.56. The van der Waals surface area contributed by atoms with Crippen molar-refractivity contribution in [2.24, 2.45) is 23.7 Å². The Morgan fingerprint density at radius 3 is 2.25 bits per heavy atom. The van der Waals surface area contributed by atoms with E-state index in [1.54, 1.807) is 0 Å². The van der Waals surface area contributed by atoms with Gasteiger partial charge in [-0.1, -0.05) is 19.8 Å². The van der Waals surface area contributed by atoms with E-state index in [4.69, 9.17) is 0 Å². The fourth-order valence-electron chi connectivity index (χ4n) is 3.69. The second-order valence-corrected chi connectivity index (χ2v) is 6.72. The summed E-state index contributed by atoms with van der Waals surface area (Å²) < 4.78 is 0. The maximum atomic E-state index is 3.89. The lowest BCUT2D eigenvalue weighted by atomic mass is 9.86. The smallest absolute Gasteiger partial charge is 0.00697 e. The number of rotatable bonds is 5. The summed E-state index contributed by atoms with van der Waals surface area (Å²) in [6.07, 6.45) is 11.9. The molecule has 0 radical (unpaired) electrons. The molecule has 0 aliphatic heterocycles. The van der Waals surface area contributed by atoms with E-state index in [0.29, 0.717) is 0 Å². The maximum absolute atomic E-state index is 3.89. The molecule has 0 bridgehead atoms. The molecule has 2 atom stereocenters. The van der Waals surface area contributed by atoms with Gasteiger partial charge in [0.2, 0.25) is 0 Å². The second kappa shape index (κ2) is 4.68. The van der Waals surface area contributed by atoms with E-state index in [0.717, 1.165) is 29.7 Å². The van der Waals surface area contributed by atoms with Crippen LogP contribution in [0.2, 0.25) is 0 Å². The van der Waals surface area contributed by atoms with Gasteiger partial charge in [-0.2, -0.15) is 0 Å². The first-order valence-corrected chi connectivity index (χ1v) is 7.56. The predicted molar refractivity (Wildman–Crippen MR) is 68.4 cm³/mol. The van der Waals surface area contributed by atoms with Crippen molar-refractivity contribution in [3.8, 4) is 0 Å². The molecule has 2 unspecified atom stereocenters. The van der Waals surface area contributed by atoms with Gasteiger partial charge in [0.1, 0.15) is 0 Å². The summed E-state index contributed by atoms with van der Waals surface area (Å²) in [7, 11) is 0. The van der Waals surface area contributed by atoms with Crippen LogP contribution < -0.4 is 5.32 Å². The Hall–Kier alpha value is -0.0400. The molecule has 1 N–H and O–H groups in total. The van der Waals surface area contributed by atoms with Gasteiger partial charge in [-0.3, -0.25) is 0 Å². The molecule has 3 rings (SSSR count). The fourth-order valence-corrected chi connectivity index (χ4v) is 3.69. The Morgan fingerprint density at radius 2 is 1.69 bits per heavy atom. The van der Waals surface area contributed by atoms with Crippen LogP contribution in [0.4, 0.5) is 0 Å². The van der Waals surface area contributed by atoms with Crippen LogP contribution in [0.3, 0.4) is 0 Å². The van der Waals surface area contributed by atoms with Crippen molar-refractivity contribution in [1.82, 2.24) is 5.32 Å². The Labute approximate surface area is 100 Å². The van der Waals surface area contributed by atoms with Gasteiger partial charge in [0.25, 0.3) is 0 Å². The minimum Gasteiger partial charge on any atom is -0.314 e. The molecule has 0 spiro atoms. The Kier molecular flexibility index (Phi) is 3.24. The van der Waals surface area contributed by atoms with Crippen molar-refractivity contribution in [1.29, 1.82) is 0 Å². The molecule has 3 saturated carbocycles. The van der Waals surface area contributed by atoms with E-state index < -0.39 is 0 Å². The Morgan fingerprint density at radius 1 is 1.00 bits per heavy atom. The summed E-state index contributed by atoms with van der Waals surface area (Å²) in [6.45, 7) is 3.76. The van der Waals surface area contributed by atoms with Gasteiger partial charge in [0.05, 0.1) is 0 Å². The lowest BCUT2D eigenvalue weighted by Gasteiger charge is -2.29. The molecule has 0 aromatic heterocycles.